The molecule has 1 heterocycles. The molecule has 92 valence electrons. The predicted molar refractivity (Wildman–Crippen MR) is 70.2 cm³/mol. The van der Waals surface area contributed by atoms with Crippen molar-refractivity contribution in [3.63, 3.8) is 0 Å². The summed E-state index contributed by atoms with van der Waals surface area (Å²) < 4.78 is 6.32. The van der Waals surface area contributed by atoms with Gasteiger partial charge in [-0.05, 0) is 12.1 Å². The summed E-state index contributed by atoms with van der Waals surface area (Å²) in [6, 6.07) is 7.64. The average molecular weight is 298 g/mol. The molecular formula is C13H16BrNO2. The number of ketones is 1. The quantitative estimate of drug-likeness (QED) is 0.870. The van der Waals surface area contributed by atoms with Crippen LogP contribution in [0.15, 0.2) is 28.7 Å². The minimum absolute atomic E-state index is 0.0652. The van der Waals surface area contributed by atoms with E-state index in [9.17, 15) is 4.79 Å². The molecule has 1 N–H and O–H groups in total. The van der Waals surface area contributed by atoms with Crippen LogP contribution in [-0.4, -0.2) is 31.6 Å². The molecule has 2 unspecified atom stereocenters. The van der Waals surface area contributed by atoms with Gasteiger partial charge in [0.05, 0.1) is 13.2 Å². The largest absolute Gasteiger partial charge is 0.378 e. The summed E-state index contributed by atoms with van der Waals surface area (Å²) in [5.41, 5.74) is 0.749. The van der Waals surface area contributed by atoms with Crippen molar-refractivity contribution in [1.82, 2.24) is 5.32 Å². The molecule has 0 radical (unpaired) electrons. The minimum Gasteiger partial charge on any atom is -0.378 e. The van der Waals surface area contributed by atoms with Gasteiger partial charge in [0.25, 0.3) is 0 Å². The Bertz CT molecular complexity index is 402. The van der Waals surface area contributed by atoms with Crippen molar-refractivity contribution < 1.29 is 9.53 Å². The molecule has 0 saturated carbocycles. The fourth-order valence-electron chi connectivity index (χ4n) is 1.99. The fourth-order valence-corrected chi connectivity index (χ4v) is 2.39. The van der Waals surface area contributed by atoms with Gasteiger partial charge in [0, 0.05) is 28.5 Å². The summed E-state index contributed by atoms with van der Waals surface area (Å²) in [7, 11) is 0. The summed E-state index contributed by atoms with van der Waals surface area (Å²) >= 11 is 3.38. The molecule has 1 aliphatic heterocycles. The van der Waals surface area contributed by atoms with Gasteiger partial charge in [-0.2, -0.15) is 0 Å². The van der Waals surface area contributed by atoms with Crippen molar-refractivity contribution in [2.45, 2.75) is 13.0 Å². The number of benzene rings is 1. The van der Waals surface area contributed by atoms with Crippen LogP contribution in [0.2, 0.25) is 0 Å². The molecule has 0 amide bonds. The average Bonchev–Trinajstić information content (AvgIpc) is 2.38. The maximum atomic E-state index is 12.3. The number of rotatable bonds is 3. The van der Waals surface area contributed by atoms with Gasteiger partial charge in [-0.15, -0.1) is 0 Å². The van der Waals surface area contributed by atoms with E-state index < -0.39 is 0 Å². The van der Waals surface area contributed by atoms with E-state index in [0.717, 1.165) is 23.2 Å². The third-order valence-electron chi connectivity index (χ3n) is 3.08. The minimum atomic E-state index is -0.0652. The second kappa shape index (κ2) is 5.76. The second-order valence-electron chi connectivity index (χ2n) is 4.30. The zero-order valence-electron chi connectivity index (χ0n) is 9.78. The number of morpholine rings is 1. The van der Waals surface area contributed by atoms with Crippen LogP contribution >= 0.6 is 15.9 Å². The van der Waals surface area contributed by atoms with Gasteiger partial charge in [-0.25, -0.2) is 0 Å². The first-order valence-corrected chi connectivity index (χ1v) is 6.58. The molecule has 1 aliphatic rings. The monoisotopic (exact) mass is 297 g/mol. The molecule has 17 heavy (non-hydrogen) atoms. The van der Waals surface area contributed by atoms with Crippen LogP contribution < -0.4 is 5.32 Å². The molecule has 2 atom stereocenters. The Morgan fingerprint density at radius 1 is 1.59 bits per heavy atom. The summed E-state index contributed by atoms with van der Waals surface area (Å²) in [5.74, 6) is 0.0962. The van der Waals surface area contributed by atoms with E-state index in [1.54, 1.807) is 0 Å². The van der Waals surface area contributed by atoms with E-state index in [0.29, 0.717) is 6.61 Å². The van der Waals surface area contributed by atoms with Crippen molar-refractivity contribution in [2.75, 3.05) is 19.8 Å². The first-order valence-electron chi connectivity index (χ1n) is 5.79. The number of hydrogen-bond acceptors (Lipinski definition) is 3. The van der Waals surface area contributed by atoms with Crippen LogP contribution in [0.3, 0.4) is 0 Å². The van der Waals surface area contributed by atoms with Crippen molar-refractivity contribution in [2.24, 2.45) is 5.92 Å². The standard InChI is InChI=1S/C13H16BrNO2/c1-9(12-8-17-6-5-15-12)13(16)10-3-2-4-11(14)7-10/h2-4,7,9,12,15H,5-6,8H2,1H3. The van der Waals surface area contributed by atoms with Gasteiger partial charge in [0.1, 0.15) is 0 Å². The maximum Gasteiger partial charge on any atom is 0.167 e. The molecule has 3 nitrogen and oxygen atoms in total. The van der Waals surface area contributed by atoms with Gasteiger partial charge < -0.3 is 10.1 Å². The van der Waals surface area contributed by atoms with E-state index in [4.69, 9.17) is 4.74 Å². The lowest BCUT2D eigenvalue weighted by molar-refractivity contribution is 0.0531. The zero-order chi connectivity index (χ0) is 12.3. The van der Waals surface area contributed by atoms with E-state index >= 15 is 0 Å². The lowest BCUT2D eigenvalue weighted by atomic mass is 9.92. The number of Topliss-reactive ketones (excluding diaryl/α,β-unsaturated/α-hetero) is 1. The van der Waals surface area contributed by atoms with Crippen LogP contribution in [0.25, 0.3) is 0 Å². The Kier molecular flexibility index (Phi) is 4.31. The third kappa shape index (κ3) is 3.15. The van der Waals surface area contributed by atoms with Crippen LogP contribution in [0.4, 0.5) is 0 Å². The van der Waals surface area contributed by atoms with E-state index in [1.807, 2.05) is 31.2 Å². The highest BCUT2D eigenvalue weighted by molar-refractivity contribution is 9.10. The molecule has 0 aliphatic carbocycles. The molecule has 1 fully saturated rings. The van der Waals surface area contributed by atoms with Crippen molar-refractivity contribution in [3.8, 4) is 0 Å². The highest BCUT2D eigenvalue weighted by atomic mass is 79.9. The normalized spacial score (nSPS) is 22.1. The molecule has 1 saturated heterocycles. The van der Waals surface area contributed by atoms with Crippen molar-refractivity contribution in [3.05, 3.63) is 34.3 Å². The number of halogens is 1. The van der Waals surface area contributed by atoms with Crippen LogP contribution in [-0.2, 0) is 4.74 Å². The van der Waals surface area contributed by atoms with Gasteiger partial charge in [0.15, 0.2) is 5.78 Å². The summed E-state index contributed by atoms with van der Waals surface area (Å²) in [6.45, 7) is 4.12. The van der Waals surface area contributed by atoms with Crippen LogP contribution in [0.5, 0.6) is 0 Å². The first kappa shape index (κ1) is 12.7. The van der Waals surface area contributed by atoms with Gasteiger partial charge in [0.2, 0.25) is 0 Å². The van der Waals surface area contributed by atoms with E-state index in [2.05, 4.69) is 21.2 Å². The van der Waals surface area contributed by atoms with E-state index in [-0.39, 0.29) is 17.7 Å². The highest BCUT2D eigenvalue weighted by Gasteiger charge is 2.26. The van der Waals surface area contributed by atoms with Gasteiger partial charge in [-0.3, -0.25) is 4.79 Å². The molecule has 1 aromatic rings. The van der Waals surface area contributed by atoms with Crippen LogP contribution in [0.1, 0.15) is 17.3 Å². The lowest BCUT2D eigenvalue weighted by Gasteiger charge is -2.28. The fraction of sp³-hybridized carbons (Fsp3) is 0.462. The molecular weight excluding hydrogens is 282 g/mol. The number of carbonyl (C=O) groups is 1. The van der Waals surface area contributed by atoms with Crippen molar-refractivity contribution in [1.29, 1.82) is 0 Å². The summed E-state index contributed by atoms with van der Waals surface area (Å²) in [6.07, 6.45) is 0. The SMILES string of the molecule is CC(C(=O)c1cccc(Br)c1)C1COCCN1. The summed E-state index contributed by atoms with van der Waals surface area (Å²) in [5, 5.41) is 3.33. The topological polar surface area (TPSA) is 38.3 Å². The number of ether oxygens (including phenoxy) is 1. The van der Waals surface area contributed by atoms with Crippen molar-refractivity contribution >= 4 is 21.7 Å². The van der Waals surface area contributed by atoms with Gasteiger partial charge >= 0.3 is 0 Å². The molecule has 0 aromatic heterocycles. The number of carbonyl (C=O) groups excluding carboxylic acids is 1. The Morgan fingerprint density at radius 2 is 2.41 bits per heavy atom. The third-order valence-corrected chi connectivity index (χ3v) is 3.57. The second-order valence-corrected chi connectivity index (χ2v) is 5.21. The molecule has 1 aromatic carbocycles. The number of hydrogen-bond donors (Lipinski definition) is 1. The maximum absolute atomic E-state index is 12.3. The molecule has 2 rings (SSSR count). The Hall–Kier alpha value is -0.710. The Balaban J connectivity index is 2.08. The Morgan fingerprint density at radius 3 is 3.06 bits per heavy atom. The first-order chi connectivity index (χ1) is 8.18. The summed E-state index contributed by atoms with van der Waals surface area (Å²) in [4.78, 5) is 12.3. The highest BCUT2D eigenvalue weighted by Crippen LogP contribution is 2.18. The lowest BCUT2D eigenvalue weighted by Crippen LogP contribution is -2.47. The Labute approximate surface area is 110 Å². The molecule has 4 heteroatoms. The molecule has 0 spiro atoms. The van der Waals surface area contributed by atoms with E-state index in [1.165, 1.54) is 0 Å². The van der Waals surface area contributed by atoms with Crippen LogP contribution in [0, 0.1) is 5.92 Å². The zero-order valence-corrected chi connectivity index (χ0v) is 11.4. The van der Waals surface area contributed by atoms with Gasteiger partial charge in [-0.1, -0.05) is 35.0 Å². The number of nitrogens with one attached hydrogen (secondary N) is 1. The molecule has 0 bridgehead atoms. The smallest absolute Gasteiger partial charge is 0.167 e. The predicted octanol–water partition coefficient (Wildman–Crippen LogP) is 2.26.